The van der Waals surface area contributed by atoms with E-state index in [0.29, 0.717) is 5.69 Å². The first-order chi connectivity index (χ1) is 6.91. The van der Waals surface area contributed by atoms with E-state index in [2.05, 4.69) is 5.10 Å². The van der Waals surface area contributed by atoms with Gasteiger partial charge in [-0.15, -0.1) is 0 Å². The summed E-state index contributed by atoms with van der Waals surface area (Å²) in [5.41, 5.74) is 0.548. The lowest BCUT2D eigenvalue weighted by atomic mass is 9.92. The normalized spacial score (nSPS) is 18.6. The maximum absolute atomic E-state index is 13.1. The molecule has 4 nitrogen and oxygen atoms in total. The summed E-state index contributed by atoms with van der Waals surface area (Å²) in [5.74, 6) is -4.05. The van der Waals surface area contributed by atoms with Crippen molar-refractivity contribution in [3.63, 3.8) is 0 Å². The van der Waals surface area contributed by atoms with E-state index in [-0.39, 0.29) is 24.1 Å². The van der Waals surface area contributed by atoms with Gasteiger partial charge in [-0.25, -0.2) is 13.6 Å². The molecule has 1 heterocycles. The summed E-state index contributed by atoms with van der Waals surface area (Å²) in [4.78, 5) is 10.8. The molecular weight excluding hydrogens is 206 g/mol. The molecule has 1 aromatic rings. The zero-order valence-electron chi connectivity index (χ0n) is 8.13. The molecule has 0 spiro atoms. The predicted molar refractivity (Wildman–Crippen MR) is 47.1 cm³/mol. The van der Waals surface area contributed by atoms with Gasteiger partial charge in [-0.1, -0.05) is 0 Å². The molecule has 0 saturated carbocycles. The molecule has 0 amide bonds. The van der Waals surface area contributed by atoms with Crippen molar-refractivity contribution >= 4 is 5.97 Å². The highest BCUT2D eigenvalue weighted by molar-refractivity contribution is 5.87. The monoisotopic (exact) mass is 216 g/mol. The second-order valence-corrected chi connectivity index (χ2v) is 3.74. The number of fused-ring (bicyclic) bond motifs is 1. The number of aryl methyl sites for hydroxylation is 1. The lowest BCUT2D eigenvalue weighted by Crippen LogP contribution is -2.27. The molecule has 82 valence electrons. The third-order valence-electron chi connectivity index (χ3n) is 2.64. The fraction of sp³-hybridized carbons (Fsp3) is 0.556. The lowest BCUT2D eigenvalue weighted by Gasteiger charge is -2.22. The summed E-state index contributed by atoms with van der Waals surface area (Å²) in [6, 6.07) is 0. The summed E-state index contributed by atoms with van der Waals surface area (Å²) in [6.07, 6.45) is -0.574. The van der Waals surface area contributed by atoms with E-state index < -0.39 is 18.3 Å². The van der Waals surface area contributed by atoms with Crippen molar-refractivity contribution in [2.24, 2.45) is 7.05 Å². The molecule has 1 aliphatic carbocycles. The van der Waals surface area contributed by atoms with Crippen molar-refractivity contribution in [3.8, 4) is 0 Å². The number of carboxylic acid groups (broad SMARTS) is 1. The van der Waals surface area contributed by atoms with Crippen LogP contribution in [0.25, 0.3) is 0 Å². The number of hydrogen-bond donors (Lipinski definition) is 1. The zero-order chi connectivity index (χ0) is 11.2. The highest BCUT2D eigenvalue weighted by Gasteiger charge is 2.38. The van der Waals surface area contributed by atoms with Crippen molar-refractivity contribution in [1.82, 2.24) is 9.78 Å². The maximum atomic E-state index is 13.1. The summed E-state index contributed by atoms with van der Waals surface area (Å²) < 4.78 is 27.6. The van der Waals surface area contributed by atoms with Crippen molar-refractivity contribution in [3.05, 3.63) is 17.0 Å². The molecule has 0 saturated heterocycles. The Kier molecular flexibility index (Phi) is 2.02. The Morgan fingerprint density at radius 2 is 2.27 bits per heavy atom. The predicted octanol–water partition coefficient (Wildman–Crippen LogP) is 1.24. The van der Waals surface area contributed by atoms with E-state index in [0.717, 1.165) is 0 Å². The number of hydrogen-bond acceptors (Lipinski definition) is 2. The van der Waals surface area contributed by atoms with Gasteiger partial charge in [-0.3, -0.25) is 4.68 Å². The van der Waals surface area contributed by atoms with Crippen LogP contribution in [0.5, 0.6) is 0 Å². The Bertz CT molecular complexity index is 426. The van der Waals surface area contributed by atoms with Gasteiger partial charge in [0.2, 0.25) is 0 Å². The van der Waals surface area contributed by atoms with Gasteiger partial charge in [-0.05, 0) is 6.42 Å². The summed E-state index contributed by atoms with van der Waals surface area (Å²) in [5, 5.41) is 12.5. The molecule has 1 N–H and O–H groups in total. The smallest absolute Gasteiger partial charge is 0.356 e. The van der Waals surface area contributed by atoms with Crippen molar-refractivity contribution in [2.45, 2.75) is 25.2 Å². The molecule has 0 radical (unpaired) electrons. The van der Waals surface area contributed by atoms with Crippen LogP contribution >= 0.6 is 0 Å². The average molecular weight is 216 g/mol. The SMILES string of the molecule is Cn1nc(C(=O)O)c2c1CCC(F)(F)C2. The third kappa shape index (κ3) is 1.60. The Morgan fingerprint density at radius 1 is 1.60 bits per heavy atom. The van der Waals surface area contributed by atoms with Crippen molar-refractivity contribution in [2.75, 3.05) is 0 Å². The fourth-order valence-corrected chi connectivity index (χ4v) is 1.92. The van der Waals surface area contributed by atoms with Gasteiger partial charge in [0.05, 0.1) is 0 Å². The molecule has 1 aromatic heterocycles. The highest BCUT2D eigenvalue weighted by Crippen LogP contribution is 2.34. The van der Waals surface area contributed by atoms with Gasteiger partial charge in [0, 0.05) is 31.1 Å². The quantitative estimate of drug-likeness (QED) is 0.768. The first kappa shape index (κ1) is 10.1. The minimum absolute atomic E-state index is 0.180. The molecule has 0 aromatic carbocycles. The van der Waals surface area contributed by atoms with Crippen LogP contribution in [0.4, 0.5) is 8.78 Å². The van der Waals surface area contributed by atoms with E-state index in [9.17, 15) is 13.6 Å². The van der Waals surface area contributed by atoms with Gasteiger partial charge in [0.25, 0.3) is 5.92 Å². The summed E-state index contributed by atoms with van der Waals surface area (Å²) in [6.45, 7) is 0. The number of carboxylic acids is 1. The topological polar surface area (TPSA) is 55.1 Å². The number of rotatable bonds is 1. The molecule has 0 unspecified atom stereocenters. The van der Waals surface area contributed by atoms with Crippen LogP contribution in [-0.4, -0.2) is 26.8 Å². The Labute approximate surface area is 84.5 Å². The van der Waals surface area contributed by atoms with Gasteiger partial charge in [-0.2, -0.15) is 5.10 Å². The number of aromatic carboxylic acids is 1. The largest absolute Gasteiger partial charge is 0.476 e. The van der Waals surface area contributed by atoms with Crippen LogP contribution in [0.2, 0.25) is 0 Å². The Hall–Kier alpha value is -1.46. The van der Waals surface area contributed by atoms with Gasteiger partial charge in [0.15, 0.2) is 5.69 Å². The number of carbonyl (C=O) groups is 1. The summed E-state index contributed by atoms with van der Waals surface area (Å²) in [7, 11) is 1.58. The van der Waals surface area contributed by atoms with Crippen LogP contribution in [-0.2, 0) is 19.9 Å². The third-order valence-corrected chi connectivity index (χ3v) is 2.64. The van der Waals surface area contributed by atoms with E-state index in [4.69, 9.17) is 5.11 Å². The molecule has 1 aliphatic rings. The summed E-state index contributed by atoms with van der Waals surface area (Å²) >= 11 is 0. The molecule has 0 bridgehead atoms. The van der Waals surface area contributed by atoms with Gasteiger partial charge >= 0.3 is 5.97 Å². The second-order valence-electron chi connectivity index (χ2n) is 3.74. The second kappa shape index (κ2) is 3.01. The molecule has 15 heavy (non-hydrogen) atoms. The molecule has 2 rings (SSSR count). The molecule has 6 heteroatoms. The Balaban J connectivity index is 2.51. The van der Waals surface area contributed by atoms with Crippen LogP contribution in [0.15, 0.2) is 0 Å². The minimum atomic E-state index is -2.81. The van der Waals surface area contributed by atoms with Crippen molar-refractivity contribution < 1.29 is 18.7 Å². The zero-order valence-corrected chi connectivity index (χ0v) is 8.13. The lowest BCUT2D eigenvalue weighted by molar-refractivity contribution is -0.0129. The first-order valence-electron chi connectivity index (χ1n) is 4.56. The van der Waals surface area contributed by atoms with Crippen LogP contribution in [0.3, 0.4) is 0 Å². The number of nitrogens with zero attached hydrogens (tertiary/aromatic N) is 2. The van der Waals surface area contributed by atoms with Crippen LogP contribution in [0, 0.1) is 0 Å². The van der Waals surface area contributed by atoms with E-state index in [1.54, 1.807) is 7.05 Å². The molecule has 0 aliphatic heterocycles. The van der Waals surface area contributed by atoms with Crippen LogP contribution in [0.1, 0.15) is 28.2 Å². The standard InChI is InChI=1S/C9H10F2N2O2/c1-13-6-2-3-9(10,11)4-5(6)7(12-13)8(14)15/h2-4H2,1H3,(H,14,15). The number of alkyl halides is 2. The number of halogens is 2. The highest BCUT2D eigenvalue weighted by atomic mass is 19.3. The molecule has 0 fully saturated rings. The Morgan fingerprint density at radius 3 is 2.87 bits per heavy atom. The first-order valence-corrected chi connectivity index (χ1v) is 4.56. The van der Waals surface area contributed by atoms with Gasteiger partial charge in [0.1, 0.15) is 0 Å². The molecular formula is C9H10F2N2O2. The number of aromatic nitrogens is 2. The van der Waals surface area contributed by atoms with E-state index in [1.165, 1.54) is 4.68 Å². The van der Waals surface area contributed by atoms with Crippen molar-refractivity contribution in [1.29, 1.82) is 0 Å². The van der Waals surface area contributed by atoms with E-state index in [1.807, 2.05) is 0 Å². The minimum Gasteiger partial charge on any atom is -0.476 e. The molecule has 0 atom stereocenters. The van der Waals surface area contributed by atoms with Gasteiger partial charge < -0.3 is 5.11 Å². The van der Waals surface area contributed by atoms with E-state index >= 15 is 0 Å². The van der Waals surface area contributed by atoms with Crippen LogP contribution < -0.4 is 0 Å². The fourth-order valence-electron chi connectivity index (χ4n) is 1.92. The average Bonchev–Trinajstić information content (AvgIpc) is 2.41. The maximum Gasteiger partial charge on any atom is 0.356 e.